The molecule has 0 aliphatic heterocycles. The fraction of sp³-hybridized carbons (Fsp3) is 0.577. The van der Waals surface area contributed by atoms with E-state index < -0.39 is 23.5 Å². The van der Waals surface area contributed by atoms with Crippen LogP contribution < -0.4 is 5.32 Å². The van der Waals surface area contributed by atoms with Crippen LogP contribution in [0.2, 0.25) is 0 Å². The van der Waals surface area contributed by atoms with Crippen molar-refractivity contribution in [1.29, 1.82) is 0 Å². The molecule has 1 N–H and O–H groups in total. The molecule has 1 aromatic carbocycles. The molecular formula is C26H35F6NO2. The molecule has 0 saturated carbocycles. The third-order valence-corrected chi connectivity index (χ3v) is 5.52. The number of benzene rings is 1. The summed E-state index contributed by atoms with van der Waals surface area (Å²) in [5, 5.41) is 2.89. The van der Waals surface area contributed by atoms with Crippen LogP contribution in [0.1, 0.15) is 76.5 Å². The van der Waals surface area contributed by atoms with Crippen LogP contribution in [0.15, 0.2) is 42.0 Å². The molecular weight excluding hydrogens is 472 g/mol. The Hall–Kier alpha value is -2.29. The highest BCUT2D eigenvalue weighted by molar-refractivity contribution is 5.87. The van der Waals surface area contributed by atoms with Crippen molar-refractivity contribution in [1.82, 2.24) is 5.32 Å². The van der Waals surface area contributed by atoms with Gasteiger partial charge in [-0.05, 0) is 62.8 Å². The number of alkyl halides is 6. The summed E-state index contributed by atoms with van der Waals surface area (Å²) in [5.74, 6) is 0.230. The molecule has 1 atom stereocenters. The Labute approximate surface area is 203 Å². The van der Waals surface area contributed by atoms with Gasteiger partial charge in [0.25, 0.3) is 0 Å². The van der Waals surface area contributed by atoms with E-state index in [1.807, 2.05) is 33.8 Å². The van der Waals surface area contributed by atoms with Crippen molar-refractivity contribution in [2.75, 3.05) is 6.61 Å². The number of ether oxygens (including phenoxy) is 1. The van der Waals surface area contributed by atoms with Crippen molar-refractivity contribution in [3.05, 3.63) is 58.7 Å². The number of hydrogen-bond acceptors (Lipinski definition) is 2. The third-order valence-electron chi connectivity index (χ3n) is 5.52. The van der Waals surface area contributed by atoms with Crippen molar-refractivity contribution in [3.8, 4) is 0 Å². The molecule has 1 aromatic rings. The van der Waals surface area contributed by atoms with E-state index >= 15 is 0 Å². The molecule has 3 nitrogen and oxygen atoms in total. The Morgan fingerprint density at radius 1 is 0.943 bits per heavy atom. The topological polar surface area (TPSA) is 38.3 Å². The summed E-state index contributed by atoms with van der Waals surface area (Å²) in [6.45, 7) is 7.94. The van der Waals surface area contributed by atoms with E-state index in [9.17, 15) is 31.1 Å². The van der Waals surface area contributed by atoms with Crippen LogP contribution >= 0.6 is 0 Å². The van der Waals surface area contributed by atoms with Crippen LogP contribution in [-0.2, 0) is 28.5 Å². The highest BCUT2D eigenvalue weighted by Crippen LogP contribution is 2.36. The fourth-order valence-electron chi connectivity index (χ4n) is 3.08. The summed E-state index contributed by atoms with van der Waals surface area (Å²) in [4.78, 5) is 11.8. The van der Waals surface area contributed by atoms with Crippen molar-refractivity contribution in [2.24, 2.45) is 5.92 Å². The van der Waals surface area contributed by atoms with E-state index in [1.165, 1.54) is 6.08 Å². The Bertz CT molecular complexity index is 824. The van der Waals surface area contributed by atoms with Crippen molar-refractivity contribution < 1.29 is 35.9 Å². The summed E-state index contributed by atoms with van der Waals surface area (Å²) in [5.41, 5.74) is -1.70. The van der Waals surface area contributed by atoms with Crippen LogP contribution in [-0.4, -0.2) is 18.6 Å². The van der Waals surface area contributed by atoms with E-state index in [0.717, 1.165) is 31.3 Å². The first-order chi connectivity index (χ1) is 16.2. The summed E-state index contributed by atoms with van der Waals surface area (Å²) in [7, 11) is 0. The zero-order chi connectivity index (χ0) is 26.6. The maximum absolute atomic E-state index is 12.9. The average molecular weight is 508 g/mol. The summed E-state index contributed by atoms with van der Waals surface area (Å²) >= 11 is 0. The van der Waals surface area contributed by atoms with Gasteiger partial charge in [-0.1, -0.05) is 44.4 Å². The quantitative estimate of drug-likeness (QED) is 0.128. The van der Waals surface area contributed by atoms with E-state index in [4.69, 9.17) is 4.74 Å². The molecule has 35 heavy (non-hydrogen) atoms. The first-order valence-corrected chi connectivity index (χ1v) is 11.7. The molecule has 0 radical (unpaired) electrons. The molecule has 198 valence electrons. The van der Waals surface area contributed by atoms with E-state index in [0.29, 0.717) is 24.5 Å². The monoisotopic (exact) mass is 507 g/mol. The number of carbonyl (C=O) groups excluding carboxylic acids is 1. The first kappa shape index (κ1) is 30.7. The molecule has 0 heterocycles. The van der Waals surface area contributed by atoms with Crippen molar-refractivity contribution >= 4 is 5.91 Å². The molecule has 0 aliphatic rings. The smallest absolute Gasteiger partial charge is 0.377 e. The highest BCUT2D eigenvalue weighted by atomic mass is 19.4. The second-order valence-electron chi connectivity index (χ2n) is 9.04. The van der Waals surface area contributed by atoms with Gasteiger partial charge in [-0.2, -0.15) is 26.3 Å². The lowest BCUT2D eigenvalue weighted by Crippen LogP contribution is -2.34. The van der Waals surface area contributed by atoms with Crippen molar-refractivity contribution in [3.63, 3.8) is 0 Å². The number of amides is 1. The van der Waals surface area contributed by atoms with Gasteiger partial charge in [-0.25, -0.2) is 0 Å². The van der Waals surface area contributed by atoms with Gasteiger partial charge in [0, 0.05) is 18.7 Å². The van der Waals surface area contributed by atoms with Crippen LogP contribution in [0, 0.1) is 5.92 Å². The fourth-order valence-corrected chi connectivity index (χ4v) is 3.08. The van der Waals surface area contributed by atoms with Crippen molar-refractivity contribution in [2.45, 2.75) is 84.8 Å². The number of hydrogen-bond donors (Lipinski definition) is 1. The third kappa shape index (κ3) is 12.8. The van der Waals surface area contributed by atoms with Gasteiger partial charge in [-0.15, -0.1) is 0 Å². The van der Waals surface area contributed by atoms with Gasteiger partial charge in [-0.3, -0.25) is 4.79 Å². The predicted molar refractivity (Wildman–Crippen MR) is 125 cm³/mol. The molecule has 0 saturated heterocycles. The zero-order valence-electron chi connectivity index (χ0n) is 20.7. The van der Waals surface area contributed by atoms with Gasteiger partial charge in [0.2, 0.25) is 5.91 Å². The molecule has 0 fully saturated rings. The summed E-state index contributed by atoms with van der Waals surface area (Å²) in [6, 6.07) is 1.59. The Morgan fingerprint density at radius 2 is 1.51 bits per heavy atom. The van der Waals surface area contributed by atoms with E-state index in [-0.39, 0.29) is 36.8 Å². The highest BCUT2D eigenvalue weighted by Gasteiger charge is 2.36. The SMILES string of the molecule is CC(=CC=CC(=O)NC(C)C(C)C)CCCCCCOCc1cc(C(F)(F)F)cc(C(F)(F)F)c1. The maximum atomic E-state index is 12.9. The molecule has 1 unspecified atom stereocenters. The second kappa shape index (κ2) is 14.3. The zero-order valence-corrected chi connectivity index (χ0v) is 20.7. The summed E-state index contributed by atoms with van der Waals surface area (Å²) < 4.78 is 82.7. The Morgan fingerprint density at radius 3 is 2.06 bits per heavy atom. The minimum absolute atomic E-state index is 0.101. The molecule has 1 rings (SSSR count). The van der Waals surface area contributed by atoms with E-state index in [1.54, 1.807) is 6.08 Å². The normalized spacial score (nSPS) is 14.1. The van der Waals surface area contributed by atoms with Gasteiger partial charge in [0.15, 0.2) is 0 Å². The van der Waals surface area contributed by atoms with Gasteiger partial charge >= 0.3 is 12.4 Å². The van der Waals surface area contributed by atoms with Crippen LogP contribution in [0.5, 0.6) is 0 Å². The molecule has 1 amide bonds. The maximum Gasteiger partial charge on any atom is 0.416 e. The molecule has 0 bridgehead atoms. The number of rotatable bonds is 13. The van der Waals surface area contributed by atoms with Gasteiger partial charge in [0.1, 0.15) is 0 Å². The number of nitrogens with one attached hydrogen (secondary N) is 1. The van der Waals surface area contributed by atoms with Crippen LogP contribution in [0.3, 0.4) is 0 Å². The van der Waals surface area contributed by atoms with Crippen LogP contribution in [0.4, 0.5) is 26.3 Å². The standard InChI is InChI=1S/C26H35F6NO2/c1-18(2)20(4)33-24(34)12-9-11-19(3)10-7-5-6-8-13-35-17-21-14-22(25(27,28)29)16-23(15-21)26(30,31)32/h9,11-12,14-16,18,20H,5-8,10,13,17H2,1-4H3,(H,33,34). The number of allylic oxidation sites excluding steroid dienone is 3. The lowest BCUT2D eigenvalue weighted by atomic mass is 10.1. The minimum atomic E-state index is -4.86. The summed E-state index contributed by atoms with van der Waals surface area (Å²) in [6.07, 6.45) is -0.426. The molecule has 0 aliphatic carbocycles. The molecule has 0 aromatic heterocycles. The average Bonchev–Trinajstić information content (AvgIpc) is 2.74. The Balaban J connectivity index is 2.32. The second-order valence-corrected chi connectivity index (χ2v) is 9.04. The molecule has 9 heteroatoms. The number of carbonyl (C=O) groups is 1. The van der Waals surface area contributed by atoms with Gasteiger partial charge in [0.05, 0.1) is 17.7 Å². The molecule has 0 spiro atoms. The van der Waals surface area contributed by atoms with E-state index in [2.05, 4.69) is 5.32 Å². The Kier molecular flexibility index (Phi) is 12.6. The predicted octanol–water partition coefficient (Wildman–Crippen LogP) is 7.85. The van der Waals surface area contributed by atoms with Gasteiger partial charge < -0.3 is 10.1 Å². The minimum Gasteiger partial charge on any atom is -0.377 e. The lowest BCUT2D eigenvalue weighted by Gasteiger charge is -2.15. The lowest BCUT2D eigenvalue weighted by molar-refractivity contribution is -0.143. The number of unbranched alkanes of at least 4 members (excludes halogenated alkanes) is 3. The first-order valence-electron chi connectivity index (χ1n) is 11.7. The largest absolute Gasteiger partial charge is 0.416 e. The van der Waals surface area contributed by atoms with Crippen LogP contribution in [0.25, 0.3) is 0 Å². The number of halogens is 6.